The summed E-state index contributed by atoms with van der Waals surface area (Å²) in [6.07, 6.45) is 8.17. The Kier molecular flexibility index (Phi) is 13.7. The fourth-order valence-electron chi connectivity index (χ4n) is 8.16. The van der Waals surface area contributed by atoms with E-state index in [4.69, 9.17) is 16.3 Å². The molecule has 2 aliphatic rings. The smallest absolute Gasteiger partial charge is 0.393 e. The molecular formula is C45H52ClF3N4O. The van der Waals surface area contributed by atoms with Gasteiger partial charge in [0.05, 0.1) is 16.5 Å². The van der Waals surface area contributed by atoms with Crippen LogP contribution in [0.25, 0.3) is 11.1 Å². The van der Waals surface area contributed by atoms with Crippen LogP contribution in [0.4, 0.5) is 13.2 Å². The number of nitriles is 1. The van der Waals surface area contributed by atoms with Crippen LogP contribution in [0.3, 0.4) is 0 Å². The van der Waals surface area contributed by atoms with E-state index in [1.54, 1.807) is 6.20 Å². The Hall–Kier alpha value is -3.90. The van der Waals surface area contributed by atoms with Crippen LogP contribution in [0.1, 0.15) is 89.5 Å². The number of piperidine rings is 2. The summed E-state index contributed by atoms with van der Waals surface area (Å²) >= 11 is 6.93. The highest BCUT2D eigenvalue weighted by Gasteiger charge is 2.41. The minimum Gasteiger partial charge on any atom is -0.487 e. The van der Waals surface area contributed by atoms with Crippen molar-refractivity contribution >= 4 is 11.6 Å². The van der Waals surface area contributed by atoms with Crippen molar-refractivity contribution in [2.45, 2.75) is 97.4 Å². The van der Waals surface area contributed by atoms with E-state index in [9.17, 15) is 18.4 Å². The topological polar surface area (TPSA) is 52.4 Å². The summed E-state index contributed by atoms with van der Waals surface area (Å²) in [6.45, 7) is 9.34. The molecule has 1 aromatic heterocycles. The predicted molar refractivity (Wildman–Crippen MR) is 211 cm³/mol. The van der Waals surface area contributed by atoms with Gasteiger partial charge in [-0.3, -0.25) is 9.88 Å². The Balaban J connectivity index is 1.13. The summed E-state index contributed by atoms with van der Waals surface area (Å²) in [5.74, 6) is -0.526. The average Bonchev–Trinajstić information content (AvgIpc) is 3.17. The number of alkyl halides is 3. The molecule has 3 heterocycles. The lowest BCUT2D eigenvalue weighted by molar-refractivity contribution is -0.186. The standard InChI is InChI=1S/C45H52ClF3N4O/c1-32-36(11-4-7-21-53-22-10-14-40(30-53)45(47,48)49)12-8-15-41(32)42-16-9-13-38(33(42)2)31-54-44-25-37(18-17-34-23-35(26-50)28-51-27-34)39(24-43(44)46)29-52-19-5-3-6-20-52/h8-9,12-13,15-16,23-25,27-28,40H,3-7,10-11,14,17-22,29-31H2,1-2H3. The van der Waals surface area contributed by atoms with Crippen LogP contribution in [0.5, 0.6) is 5.75 Å². The van der Waals surface area contributed by atoms with Crippen molar-refractivity contribution < 1.29 is 17.9 Å². The number of pyridine rings is 1. The van der Waals surface area contributed by atoms with E-state index >= 15 is 0 Å². The van der Waals surface area contributed by atoms with E-state index in [-0.39, 0.29) is 13.0 Å². The number of aryl methyl sites for hydroxylation is 3. The molecule has 1 unspecified atom stereocenters. The van der Waals surface area contributed by atoms with Gasteiger partial charge >= 0.3 is 6.18 Å². The van der Waals surface area contributed by atoms with Crippen molar-refractivity contribution in [2.24, 2.45) is 5.92 Å². The Morgan fingerprint density at radius 1 is 0.815 bits per heavy atom. The summed E-state index contributed by atoms with van der Waals surface area (Å²) < 4.78 is 46.3. The van der Waals surface area contributed by atoms with Crippen LogP contribution in [0, 0.1) is 31.1 Å². The minimum atomic E-state index is -4.10. The van der Waals surface area contributed by atoms with E-state index < -0.39 is 12.1 Å². The molecule has 6 rings (SSSR count). The van der Waals surface area contributed by atoms with Crippen LogP contribution in [0.15, 0.2) is 67.0 Å². The second-order valence-electron chi connectivity index (χ2n) is 15.2. The molecule has 0 amide bonds. The molecule has 2 fully saturated rings. The van der Waals surface area contributed by atoms with E-state index in [0.29, 0.717) is 35.9 Å². The summed E-state index contributed by atoms with van der Waals surface area (Å²) in [5, 5.41) is 9.98. The lowest BCUT2D eigenvalue weighted by Crippen LogP contribution is -2.42. The summed E-state index contributed by atoms with van der Waals surface area (Å²) in [7, 11) is 0. The van der Waals surface area contributed by atoms with Crippen molar-refractivity contribution in [3.8, 4) is 22.9 Å². The number of likely N-dealkylation sites (tertiary alicyclic amines) is 2. The zero-order valence-electron chi connectivity index (χ0n) is 31.7. The molecule has 0 spiro atoms. The van der Waals surface area contributed by atoms with Crippen molar-refractivity contribution in [2.75, 3.05) is 32.7 Å². The van der Waals surface area contributed by atoms with Crippen LogP contribution in [-0.2, 0) is 32.4 Å². The van der Waals surface area contributed by atoms with Gasteiger partial charge in [-0.2, -0.15) is 18.4 Å². The normalized spacial score (nSPS) is 17.0. The third-order valence-corrected chi connectivity index (χ3v) is 11.7. The van der Waals surface area contributed by atoms with Gasteiger partial charge in [0.2, 0.25) is 0 Å². The molecule has 2 saturated heterocycles. The van der Waals surface area contributed by atoms with Crippen LogP contribution in [0.2, 0.25) is 5.02 Å². The predicted octanol–water partition coefficient (Wildman–Crippen LogP) is 10.8. The molecule has 9 heteroatoms. The average molecular weight is 757 g/mol. The maximum absolute atomic E-state index is 13.3. The number of hydrogen-bond acceptors (Lipinski definition) is 5. The number of benzene rings is 3. The fraction of sp³-hybridized carbons (Fsp3) is 0.467. The highest BCUT2D eigenvalue weighted by atomic mass is 35.5. The Labute approximate surface area is 324 Å². The first-order valence-corrected chi connectivity index (χ1v) is 19.9. The first-order valence-electron chi connectivity index (χ1n) is 19.6. The SMILES string of the molecule is Cc1c(CCCCN2CCCC(C(F)(F)F)C2)cccc1-c1cccc(COc2cc(CCc3cncc(C#N)c3)c(CN3CCCCC3)cc2Cl)c1C. The maximum atomic E-state index is 13.3. The molecule has 0 N–H and O–H groups in total. The number of nitrogens with zero attached hydrogens (tertiary/aromatic N) is 4. The van der Waals surface area contributed by atoms with Crippen molar-refractivity contribution in [1.82, 2.24) is 14.8 Å². The number of unbranched alkanes of at least 4 members (excludes halogenated alkanes) is 1. The highest BCUT2D eigenvalue weighted by molar-refractivity contribution is 6.32. The largest absolute Gasteiger partial charge is 0.487 e. The fourth-order valence-corrected chi connectivity index (χ4v) is 8.40. The van der Waals surface area contributed by atoms with E-state index in [1.807, 2.05) is 17.2 Å². The minimum absolute atomic E-state index is 0.131. The molecule has 0 saturated carbocycles. The van der Waals surface area contributed by atoms with Gasteiger partial charge in [-0.1, -0.05) is 54.4 Å². The first kappa shape index (κ1) is 39.8. The Bertz CT molecular complexity index is 1920. The van der Waals surface area contributed by atoms with Crippen LogP contribution < -0.4 is 4.74 Å². The van der Waals surface area contributed by atoms with Crippen molar-refractivity contribution in [3.05, 3.63) is 117 Å². The van der Waals surface area contributed by atoms with Gasteiger partial charge in [-0.25, -0.2) is 0 Å². The monoisotopic (exact) mass is 756 g/mol. The maximum Gasteiger partial charge on any atom is 0.393 e. The van der Waals surface area contributed by atoms with Gasteiger partial charge in [-0.15, -0.1) is 0 Å². The molecule has 3 aromatic carbocycles. The molecule has 1 atom stereocenters. The number of aromatic nitrogens is 1. The zero-order chi connectivity index (χ0) is 38.1. The summed E-state index contributed by atoms with van der Waals surface area (Å²) in [4.78, 5) is 8.76. The lowest BCUT2D eigenvalue weighted by atomic mass is 9.90. The number of ether oxygens (including phenoxy) is 1. The molecule has 0 radical (unpaired) electrons. The third-order valence-electron chi connectivity index (χ3n) is 11.4. The van der Waals surface area contributed by atoms with Crippen molar-refractivity contribution in [3.63, 3.8) is 0 Å². The highest BCUT2D eigenvalue weighted by Crippen LogP contribution is 2.35. The van der Waals surface area contributed by atoms with Crippen molar-refractivity contribution in [1.29, 1.82) is 5.26 Å². The van der Waals surface area contributed by atoms with Gasteiger partial charge < -0.3 is 9.64 Å². The molecule has 2 aliphatic heterocycles. The molecule has 0 aliphatic carbocycles. The van der Waals surface area contributed by atoms with E-state index in [0.717, 1.165) is 75.0 Å². The van der Waals surface area contributed by atoms with Gasteiger partial charge in [0.1, 0.15) is 18.4 Å². The molecule has 5 nitrogen and oxygen atoms in total. The Morgan fingerprint density at radius 2 is 1.54 bits per heavy atom. The zero-order valence-corrected chi connectivity index (χ0v) is 32.4. The Morgan fingerprint density at radius 3 is 2.28 bits per heavy atom. The van der Waals surface area contributed by atoms with E-state index in [2.05, 4.69) is 78.3 Å². The molecule has 4 aromatic rings. The van der Waals surface area contributed by atoms with Gasteiger partial charge in [0.15, 0.2) is 0 Å². The summed E-state index contributed by atoms with van der Waals surface area (Å²) in [5.41, 5.74) is 11.1. The van der Waals surface area contributed by atoms with Gasteiger partial charge in [0, 0.05) is 25.5 Å². The number of rotatable bonds is 14. The molecule has 0 bridgehead atoms. The molecule has 54 heavy (non-hydrogen) atoms. The quantitative estimate of drug-likeness (QED) is 0.120. The second-order valence-corrected chi connectivity index (χ2v) is 15.6. The second kappa shape index (κ2) is 18.6. The van der Waals surface area contributed by atoms with Gasteiger partial charge in [-0.05, 0) is 166 Å². The number of halogens is 4. The van der Waals surface area contributed by atoms with Crippen LogP contribution in [-0.4, -0.2) is 53.7 Å². The molecular weight excluding hydrogens is 705 g/mol. The van der Waals surface area contributed by atoms with Crippen LogP contribution >= 0.6 is 11.6 Å². The van der Waals surface area contributed by atoms with E-state index in [1.165, 1.54) is 52.6 Å². The first-order chi connectivity index (χ1) is 26.1. The van der Waals surface area contributed by atoms with Gasteiger partial charge in [0.25, 0.3) is 0 Å². The summed E-state index contributed by atoms with van der Waals surface area (Å²) in [6, 6.07) is 21.1. The number of hydrogen-bond donors (Lipinski definition) is 0. The lowest BCUT2D eigenvalue weighted by Gasteiger charge is -2.33. The molecule has 286 valence electrons. The third kappa shape index (κ3) is 10.4.